The molecule has 0 aromatic heterocycles. The van der Waals surface area contributed by atoms with Crippen molar-refractivity contribution >= 4 is 0 Å². The zero-order valence-corrected chi connectivity index (χ0v) is 16.5. The normalized spacial score (nSPS) is 24.8. The van der Waals surface area contributed by atoms with Gasteiger partial charge in [-0.25, -0.2) is 0 Å². The van der Waals surface area contributed by atoms with Crippen molar-refractivity contribution in [3.05, 3.63) is 84.4 Å². The van der Waals surface area contributed by atoms with Gasteiger partial charge >= 0.3 is 0 Å². The predicted octanol–water partition coefficient (Wildman–Crippen LogP) is 4.88. The van der Waals surface area contributed by atoms with Crippen LogP contribution in [0.25, 0.3) is 0 Å². The minimum Gasteiger partial charge on any atom is -0.371 e. The average molecular weight is 383 g/mol. The molecule has 2 aromatic rings. The summed E-state index contributed by atoms with van der Waals surface area (Å²) in [7, 11) is 0. The van der Waals surface area contributed by atoms with Gasteiger partial charge < -0.3 is 18.9 Å². The van der Waals surface area contributed by atoms with E-state index in [1.165, 1.54) is 0 Å². The second-order valence-corrected chi connectivity index (χ2v) is 6.99. The fraction of sp³-hybridized carbons (Fsp3) is 0.417. The van der Waals surface area contributed by atoms with Crippen molar-refractivity contribution in [1.29, 1.82) is 0 Å². The Balaban J connectivity index is 1.70. The van der Waals surface area contributed by atoms with Crippen LogP contribution in [-0.4, -0.2) is 31.2 Å². The Morgan fingerprint density at radius 2 is 1.54 bits per heavy atom. The van der Waals surface area contributed by atoms with Crippen molar-refractivity contribution in [2.45, 2.75) is 57.6 Å². The van der Waals surface area contributed by atoms with E-state index in [0.29, 0.717) is 19.8 Å². The minimum absolute atomic E-state index is 0.0900. The molecule has 0 unspecified atom stereocenters. The van der Waals surface area contributed by atoms with Gasteiger partial charge in [0.05, 0.1) is 32.0 Å². The lowest BCUT2D eigenvalue weighted by molar-refractivity contribution is -0.285. The molecule has 1 saturated heterocycles. The first kappa shape index (κ1) is 20.7. The molecule has 0 amide bonds. The largest absolute Gasteiger partial charge is 0.371 e. The zero-order chi connectivity index (χ0) is 19.6. The van der Waals surface area contributed by atoms with E-state index < -0.39 is 6.29 Å². The standard InChI is InChI=1S/C24H30O4/c1-3-15-25-24-23(27-18-20-13-9-6-10-14-20)22(16-21(4-2)28-24)26-17-19-11-7-5-8-12-19/h3,5-14,21-24H,1,4,15-18H2,2H3/t21-,22+,23-,24+/m1/s1. The first-order chi connectivity index (χ1) is 13.8. The molecule has 1 fully saturated rings. The molecule has 150 valence electrons. The van der Waals surface area contributed by atoms with Crippen molar-refractivity contribution in [1.82, 2.24) is 0 Å². The van der Waals surface area contributed by atoms with Crippen LogP contribution in [0.3, 0.4) is 0 Å². The molecule has 0 N–H and O–H groups in total. The van der Waals surface area contributed by atoms with Crippen molar-refractivity contribution in [3.8, 4) is 0 Å². The number of rotatable bonds is 10. The summed E-state index contributed by atoms with van der Waals surface area (Å²) in [5.74, 6) is 0. The molecule has 4 atom stereocenters. The maximum Gasteiger partial charge on any atom is 0.186 e. The van der Waals surface area contributed by atoms with Crippen LogP contribution in [0.2, 0.25) is 0 Å². The molecule has 1 aliphatic heterocycles. The van der Waals surface area contributed by atoms with Crippen molar-refractivity contribution in [2.24, 2.45) is 0 Å². The third kappa shape index (κ3) is 6.01. The second-order valence-electron chi connectivity index (χ2n) is 6.99. The van der Waals surface area contributed by atoms with Crippen molar-refractivity contribution in [3.63, 3.8) is 0 Å². The Morgan fingerprint density at radius 3 is 2.11 bits per heavy atom. The Hall–Kier alpha value is -1.98. The van der Waals surface area contributed by atoms with E-state index in [9.17, 15) is 0 Å². The lowest BCUT2D eigenvalue weighted by Crippen LogP contribution is -2.51. The topological polar surface area (TPSA) is 36.9 Å². The average Bonchev–Trinajstić information content (AvgIpc) is 2.76. The summed E-state index contributed by atoms with van der Waals surface area (Å²) in [5, 5.41) is 0. The molecule has 4 nitrogen and oxygen atoms in total. The summed E-state index contributed by atoms with van der Waals surface area (Å²) < 4.78 is 24.6. The highest BCUT2D eigenvalue weighted by Gasteiger charge is 2.40. The third-order valence-corrected chi connectivity index (χ3v) is 4.88. The fourth-order valence-electron chi connectivity index (χ4n) is 3.34. The maximum absolute atomic E-state index is 6.30. The smallest absolute Gasteiger partial charge is 0.186 e. The Bertz CT molecular complexity index is 688. The van der Waals surface area contributed by atoms with Crippen LogP contribution in [0.1, 0.15) is 30.9 Å². The molecule has 0 radical (unpaired) electrons. The first-order valence-electron chi connectivity index (χ1n) is 9.99. The monoisotopic (exact) mass is 382 g/mol. The van der Waals surface area contributed by atoms with Crippen LogP contribution < -0.4 is 0 Å². The maximum atomic E-state index is 6.30. The lowest BCUT2D eigenvalue weighted by Gasteiger charge is -2.41. The van der Waals surface area contributed by atoms with Crippen LogP contribution >= 0.6 is 0 Å². The van der Waals surface area contributed by atoms with E-state index in [0.717, 1.165) is 24.0 Å². The summed E-state index contributed by atoms with van der Waals surface area (Å²) in [6.45, 7) is 7.31. The zero-order valence-electron chi connectivity index (χ0n) is 16.5. The van der Waals surface area contributed by atoms with E-state index in [1.54, 1.807) is 6.08 Å². The van der Waals surface area contributed by atoms with E-state index in [2.05, 4.69) is 37.8 Å². The molecule has 2 aromatic carbocycles. The molecule has 0 spiro atoms. The highest BCUT2D eigenvalue weighted by atomic mass is 16.7. The van der Waals surface area contributed by atoms with E-state index >= 15 is 0 Å². The molecule has 4 heteroatoms. The van der Waals surface area contributed by atoms with Gasteiger partial charge in [0.25, 0.3) is 0 Å². The summed E-state index contributed by atoms with van der Waals surface area (Å²) >= 11 is 0. The molecular formula is C24H30O4. The highest BCUT2D eigenvalue weighted by Crippen LogP contribution is 2.29. The van der Waals surface area contributed by atoms with E-state index in [-0.39, 0.29) is 18.3 Å². The molecule has 0 saturated carbocycles. The van der Waals surface area contributed by atoms with Crippen LogP contribution in [0.15, 0.2) is 73.3 Å². The number of hydrogen-bond donors (Lipinski definition) is 0. The Labute approximate surface area is 168 Å². The van der Waals surface area contributed by atoms with Crippen molar-refractivity contribution < 1.29 is 18.9 Å². The molecule has 3 rings (SSSR count). The number of hydrogen-bond acceptors (Lipinski definition) is 4. The van der Waals surface area contributed by atoms with Gasteiger partial charge in [0.15, 0.2) is 6.29 Å². The highest BCUT2D eigenvalue weighted by molar-refractivity contribution is 5.14. The fourth-order valence-corrected chi connectivity index (χ4v) is 3.34. The molecule has 28 heavy (non-hydrogen) atoms. The molecule has 0 bridgehead atoms. The summed E-state index contributed by atoms with van der Waals surface area (Å²) in [4.78, 5) is 0. The summed E-state index contributed by atoms with van der Waals surface area (Å²) in [6.07, 6.45) is 2.64. The van der Waals surface area contributed by atoms with Gasteiger partial charge in [0.2, 0.25) is 0 Å². The van der Waals surface area contributed by atoms with E-state index in [4.69, 9.17) is 18.9 Å². The van der Waals surface area contributed by atoms with Gasteiger partial charge in [-0.2, -0.15) is 0 Å². The van der Waals surface area contributed by atoms with Crippen LogP contribution in [0, 0.1) is 0 Å². The van der Waals surface area contributed by atoms with Crippen LogP contribution in [0.5, 0.6) is 0 Å². The van der Waals surface area contributed by atoms with Crippen molar-refractivity contribution in [2.75, 3.05) is 6.61 Å². The molecule has 1 heterocycles. The first-order valence-corrected chi connectivity index (χ1v) is 9.99. The second kappa shape index (κ2) is 11.1. The van der Waals surface area contributed by atoms with Crippen LogP contribution in [0.4, 0.5) is 0 Å². The van der Waals surface area contributed by atoms with Gasteiger partial charge in [-0.15, -0.1) is 6.58 Å². The quantitative estimate of drug-likeness (QED) is 0.549. The lowest BCUT2D eigenvalue weighted by atomic mass is 10.00. The van der Waals surface area contributed by atoms with Gasteiger partial charge in [-0.05, 0) is 17.5 Å². The molecule has 1 aliphatic rings. The van der Waals surface area contributed by atoms with Gasteiger partial charge in [0, 0.05) is 6.42 Å². The van der Waals surface area contributed by atoms with Gasteiger partial charge in [0.1, 0.15) is 6.10 Å². The summed E-state index contributed by atoms with van der Waals surface area (Å²) in [6, 6.07) is 20.3. The molecule has 0 aliphatic carbocycles. The Morgan fingerprint density at radius 1 is 0.929 bits per heavy atom. The van der Waals surface area contributed by atoms with Crippen LogP contribution in [-0.2, 0) is 32.2 Å². The number of benzene rings is 2. The van der Waals surface area contributed by atoms with E-state index in [1.807, 2.05) is 36.4 Å². The number of ether oxygens (including phenoxy) is 4. The minimum atomic E-state index is -0.471. The summed E-state index contributed by atoms with van der Waals surface area (Å²) in [5.41, 5.74) is 2.26. The SMILES string of the molecule is C=CCO[C@H]1O[C@H](CC)C[C@H](OCc2ccccc2)[C@H]1OCc1ccccc1. The Kier molecular flexibility index (Phi) is 8.24. The van der Waals surface area contributed by atoms with Gasteiger partial charge in [-0.3, -0.25) is 0 Å². The third-order valence-electron chi connectivity index (χ3n) is 4.88. The predicted molar refractivity (Wildman–Crippen MR) is 110 cm³/mol. The molecular weight excluding hydrogens is 352 g/mol. The van der Waals surface area contributed by atoms with Gasteiger partial charge in [-0.1, -0.05) is 73.7 Å².